The number of nitrogens with one attached hydrogen (secondary N) is 2. The largest absolute Gasteiger partial charge is 0.323 e. The predicted octanol–water partition coefficient (Wildman–Crippen LogP) is 4.90. The molecule has 8 heteroatoms. The van der Waals surface area contributed by atoms with Crippen LogP contribution in [0.5, 0.6) is 0 Å². The zero-order valence-electron chi connectivity index (χ0n) is 16.8. The molecule has 0 saturated heterocycles. The molecule has 0 aliphatic heterocycles. The van der Waals surface area contributed by atoms with Crippen LogP contribution >= 0.6 is 11.6 Å². The number of likely N-dealkylation sites (N-methyl/N-ethyl adjacent to an activating group) is 1. The van der Waals surface area contributed by atoms with Crippen LogP contribution in [0.25, 0.3) is 11.3 Å². The predicted molar refractivity (Wildman–Crippen MR) is 114 cm³/mol. The Morgan fingerprint density at radius 2 is 1.87 bits per heavy atom. The molecule has 1 unspecified atom stereocenters. The minimum atomic E-state index is -0.454. The van der Waals surface area contributed by atoms with Gasteiger partial charge >= 0.3 is 0 Å². The van der Waals surface area contributed by atoms with E-state index in [1.54, 1.807) is 19.1 Å². The Hall–Kier alpha value is -2.77. The quantitative estimate of drug-likeness (QED) is 0.532. The molecule has 158 valence electrons. The second-order valence-electron chi connectivity index (χ2n) is 7.16. The summed E-state index contributed by atoms with van der Waals surface area (Å²) in [6.45, 7) is 2.49. The number of aromatic nitrogens is 2. The number of nitrogens with zero attached hydrogens (tertiary/aromatic N) is 2. The van der Waals surface area contributed by atoms with Crippen molar-refractivity contribution in [1.82, 2.24) is 15.1 Å². The van der Waals surface area contributed by atoms with Crippen molar-refractivity contribution in [1.29, 1.82) is 0 Å². The lowest BCUT2D eigenvalue weighted by molar-refractivity contribution is -0.120. The Balaban J connectivity index is 1.48. The van der Waals surface area contributed by atoms with Gasteiger partial charge in [0.15, 0.2) is 0 Å². The molecule has 0 bridgehead atoms. The van der Waals surface area contributed by atoms with Gasteiger partial charge < -0.3 is 5.32 Å². The first-order chi connectivity index (χ1) is 14.3. The van der Waals surface area contributed by atoms with E-state index in [1.807, 2.05) is 18.0 Å². The number of aryl methyl sites for hydroxylation is 1. The second kappa shape index (κ2) is 9.82. The molecule has 0 radical (unpaired) electrons. The highest BCUT2D eigenvalue weighted by Crippen LogP contribution is 2.23. The summed E-state index contributed by atoms with van der Waals surface area (Å²) in [7, 11) is 1.87. The van der Waals surface area contributed by atoms with Gasteiger partial charge in [-0.1, -0.05) is 11.6 Å². The fourth-order valence-corrected chi connectivity index (χ4v) is 3.21. The number of hydrogen-bond donors (Lipinski definition) is 2. The maximum atomic E-state index is 13.1. The van der Waals surface area contributed by atoms with Crippen LogP contribution < -0.4 is 5.32 Å². The molecular weight excluding hydrogens is 410 g/mol. The number of anilines is 1. The van der Waals surface area contributed by atoms with E-state index in [-0.39, 0.29) is 22.8 Å². The maximum Gasteiger partial charge on any atom is 0.241 e. The normalized spacial score (nSPS) is 12.2. The Bertz CT molecular complexity index is 1010. The van der Waals surface area contributed by atoms with Crippen LogP contribution in [0.4, 0.5) is 14.5 Å². The fraction of sp³-hybridized carbons (Fsp3) is 0.273. The molecule has 1 aromatic heterocycles. The number of H-pyrrole nitrogens is 1. The van der Waals surface area contributed by atoms with Gasteiger partial charge in [-0.2, -0.15) is 5.10 Å². The number of carbonyl (C=O) groups is 1. The first kappa shape index (κ1) is 21.9. The zero-order chi connectivity index (χ0) is 21.7. The summed E-state index contributed by atoms with van der Waals surface area (Å²) >= 11 is 5.97. The van der Waals surface area contributed by atoms with E-state index in [1.165, 1.54) is 24.3 Å². The van der Waals surface area contributed by atoms with E-state index in [0.29, 0.717) is 12.2 Å². The molecular formula is C22H23ClF2N4O. The van der Waals surface area contributed by atoms with Crippen LogP contribution in [0, 0.1) is 11.6 Å². The molecule has 0 saturated carbocycles. The molecule has 3 aromatic rings. The summed E-state index contributed by atoms with van der Waals surface area (Å²) in [5.74, 6) is -0.951. The molecule has 0 aliphatic rings. The zero-order valence-corrected chi connectivity index (χ0v) is 17.5. The lowest BCUT2D eigenvalue weighted by Crippen LogP contribution is -2.40. The SMILES string of the molecule is CC(C(=O)Nc1ccc(F)cc1Cl)N(C)CCCc1cc(-c2ccc(F)cc2)n[nH]1. The van der Waals surface area contributed by atoms with E-state index < -0.39 is 5.82 Å². The van der Waals surface area contributed by atoms with Gasteiger partial charge in [0.1, 0.15) is 11.6 Å². The summed E-state index contributed by atoms with van der Waals surface area (Å²) in [6, 6.07) is 11.6. The lowest BCUT2D eigenvalue weighted by atomic mass is 10.1. The van der Waals surface area contributed by atoms with Crippen LogP contribution in [-0.2, 0) is 11.2 Å². The summed E-state index contributed by atoms with van der Waals surface area (Å²) in [6.07, 6.45) is 1.58. The lowest BCUT2D eigenvalue weighted by Gasteiger charge is -2.24. The number of benzene rings is 2. The minimum absolute atomic E-state index is 0.161. The van der Waals surface area contributed by atoms with Crippen molar-refractivity contribution < 1.29 is 13.6 Å². The van der Waals surface area contributed by atoms with Gasteiger partial charge in [0.2, 0.25) is 5.91 Å². The first-order valence-corrected chi connectivity index (χ1v) is 9.97. The van der Waals surface area contributed by atoms with Gasteiger partial charge in [0.25, 0.3) is 0 Å². The summed E-state index contributed by atoms with van der Waals surface area (Å²) in [5.41, 5.74) is 2.97. The van der Waals surface area contributed by atoms with Crippen molar-refractivity contribution in [3.63, 3.8) is 0 Å². The third-order valence-electron chi connectivity index (χ3n) is 4.96. The molecule has 0 aliphatic carbocycles. The van der Waals surface area contributed by atoms with E-state index in [4.69, 9.17) is 11.6 Å². The molecule has 5 nitrogen and oxygen atoms in total. The molecule has 0 spiro atoms. The smallest absolute Gasteiger partial charge is 0.241 e. The molecule has 30 heavy (non-hydrogen) atoms. The van der Waals surface area contributed by atoms with Gasteiger partial charge in [-0.05, 0) is 81.9 Å². The summed E-state index contributed by atoms with van der Waals surface area (Å²) in [5, 5.41) is 10.2. The average Bonchev–Trinajstić information content (AvgIpc) is 3.18. The first-order valence-electron chi connectivity index (χ1n) is 9.60. The van der Waals surface area contributed by atoms with Crippen LogP contribution in [0.1, 0.15) is 19.0 Å². The highest BCUT2D eigenvalue weighted by atomic mass is 35.5. The van der Waals surface area contributed by atoms with E-state index >= 15 is 0 Å². The Morgan fingerprint density at radius 3 is 2.57 bits per heavy atom. The third-order valence-corrected chi connectivity index (χ3v) is 5.27. The highest BCUT2D eigenvalue weighted by molar-refractivity contribution is 6.33. The molecule has 1 atom stereocenters. The number of halogens is 3. The number of carbonyl (C=O) groups excluding carboxylic acids is 1. The van der Waals surface area contributed by atoms with E-state index in [2.05, 4.69) is 15.5 Å². The van der Waals surface area contributed by atoms with Crippen molar-refractivity contribution in [2.75, 3.05) is 18.9 Å². The van der Waals surface area contributed by atoms with Crippen molar-refractivity contribution in [3.8, 4) is 11.3 Å². The van der Waals surface area contributed by atoms with Gasteiger partial charge in [-0.15, -0.1) is 0 Å². The number of hydrogen-bond acceptors (Lipinski definition) is 3. The van der Waals surface area contributed by atoms with Crippen LogP contribution in [0.3, 0.4) is 0 Å². The minimum Gasteiger partial charge on any atom is -0.323 e. The second-order valence-corrected chi connectivity index (χ2v) is 7.57. The van der Waals surface area contributed by atoms with Crippen LogP contribution in [-0.4, -0.2) is 40.6 Å². The van der Waals surface area contributed by atoms with Gasteiger partial charge in [0, 0.05) is 11.3 Å². The van der Waals surface area contributed by atoms with Crippen molar-refractivity contribution in [2.45, 2.75) is 25.8 Å². The van der Waals surface area contributed by atoms with E-state index in [0.717, 1.165) is 35.9 Å². The third kappa shape index (κ3) is 5.64. The topological polar surface area (TPSA) is 61.0 Å². The number of rotatable bonds is 8. The molecule has 3 rings (SSSR count). The van der Waals surface area contributed by atoms with Crippen LogP contribution in [0.15, 0.2) is 48.5 Å². The summed E-state index contributed by atoms with van der Waals surface area (Å²) in [4.78, 5) is 14.4. The monoisotopic (exact) mass is 432 g/mol. The Kier molecular flexibility index (Phi) is 7.18. The highest BCUT2D eigenvalue weighted by Gasteiger charge is 2.19. The van der Waals surface area contributed by atoms with Crippen molar-refractivity contribution in [2.24, 2.45) is 0 Å². The molecule has 2 N–H and O–H groups in total. The molecule has 2 aromatic carbocycles. The van der Waals surface area contributed by atoms with E-state index in [9.17, 15) is 13.6 Å². The van der Waals surface area contributed by atoms with Gasteiger partial charge in [-0.3, -0.25) is 14.8 Å². The van der Waals surface area contributed by atoms with Crippen molar-refractivity contribution in [3.05, 3.63) is 70.9 Å². The Labute approximate surface area is 179 Å². The number of amides is 1. The van der Waals surface area contributed by atoms with Crippen molar-refractivity contribution >= 4 is 23.2 Å². The standard InChI is InChI=1S/C22H23ClF2N4O/c1-14(22(30)26-20-10-9-17(25)12-19(20)23)29(2)11-3-4-18-13-21(28-27-18)15-5-7-16(24)8-6-15/h5-10,12-14H,3-4,11H2,1-2H3,(H,26,30)(H,27,28). The fourth-order valence-electron chi connectivity index (χ4n) is 3.00. The molecule has 1 amide bonds. The molecule has 1 heterocycles. The van der Waals surface area contributed by atoms with Crippen LogP contribution in [0.2, 0.25) is 5.02 Å². The summed E-state index contributed by atoms with van der Waals surface area (Å²) < 4.78 is 26.2. The van der Waals surface area contributed by atoms with Gasteiger partial charge in [-0.25, -0.2) is 8.78 Å². The number of aromatic amines is 1. The van der Waals surface area contributed by atoms with Gasteiger partial charge in [0.05, 0.1) is 22.4 Å². The average molecular weight is 433 g/mol. The Morgan fingerprint density at radius 1 is 1.17 bits per heavy atom. The maximum absolute atomic E-state index is 13.1. The molecule has 0 fully saturated rings.